The summed E-state index contributed by atoms with van der Waals surface area (Å²) in [4.78, 5) is 27.1. The molecule has 0 spiro atoms. The molecule has 0 radical (unpaired) electrons. The molecular formula is C15H18N4O3S. The average molecular weight is 334 g/mol. The normalized spacial score (nSPS) is 12.0. The first-order valence-electron chi connectivity index (χ1n) is 6.71. The van der Waals surface area contributed by atoms with E-state index in [9.17, 15) is 9.59 Å². The lowest BCUT2D eigenvalue weighted by atomic mass is 10.1. The fourth-order valence-electron chi connectivity index (χ4n) is 1.81. The molecule has 0 aromatic heterocycles. The second-order valence-electron chi connectivity index (χ2n) is 4.50. The number of nitrogens with one attached hydrogen (secondary N) is 2. The third-order valence-electron chi connectivity index (χ3n) is 2.83. The molecule has 1 rings (SSSR count). The minimum atomic E-state index is -0.728. The lowest BCUT2D eigenvalue weighted by molar-refractivity contribution is -0.144. The van der Waals surface area contributed by atoms with Crippen molar-refractivity contribution in [1.82, 2.24) is 10.6 Å². The fraction of sp³-hybridized carbons (Fsp3) is 0.333. The minimum absolute atomic E-state index is 0.297. The summed E-state index contributed by atoms with van der Waals surface area (Å²) in [6.45, 7) is 1.35. The predicted molar refractivity (Wildman–Crippen MR) is 89.1 cm³/mol. The molecule has 2 N–H and O–H groups in total. The molecule has 8 heteroatoms. The van der Waals surface area contributed by atoms with Gasteiger partial charge in [0, 0.05) is 13.3 Å². The van der Waals surface area contributed by atoms with E-state index in [1.165, 1.54) is 25.8 Å². The summed E-state index contributed by atoms with van der Waals surface area (Å²) in [6.07, 6.45) is 3.95. The number of hydrogen-bond donors (Lipinski definition) is 2. The van der Waals surface area contributed by atoms with Crippen LogP contribution in [0.2, 0.25) is 0 Å². The van der Waals surface area contributed by atoms with E-state index in [0.717, 1.165) is 5.56 Å². The summed E-state index contributed by atoms with van der Waals surface area (Å²) < 4.78 is 4.69. The van der Waals surface area contributed by atoms with Crippen LogP contribution in [0.3, 0.4) is 0 Å². The van der Waals surface area contributed by atoms with Crippen molar-refractivity contribution in [3.05, 3.63) is 29.8 Å². The van der Waals surface area contributed by atoms with Gasteiger partial charge in [0.1, 0.15) is 6.04 Å². The number of benzene rings is 1. The molecule has 23 heavy (non-hydrogen) atoms. The zero-order valence-corrected chi connectivity index (χ0v) is 13.9. The van der Waals surface area contributed by atoms with Crippen LogP contribution in [0.25, 0.3) is 0 Å². The SMILES string of the molecule is COC(=O)C(Cc1ccc(N=C(NC#N)SC)cc1)NC(C)=O. The highest BCUT2D eigenvalue weighted by atomic mass is 32.2. The average Bonchev–Trinajstić information content (AvgIpc) is 2.54. The molecule has 1 aromatic carbocycles. The second-order valence-corrected chi connectivity index (χ2v) is 5.30. The number of aliphatic imine (C=N–C) groups is 1. The lowest BCUT2D eigenvalue weighted by Gasteiger charge is -2.15. The zero-order chi connectivity index (χ0) is 17.2. The van der Waals surface area contributed by atoms with Crippen LogP contribution in [-0.2, 0) is 20.7 Å². The molecule has 0 aliphatic heterocycles. The maximum Gasteiger partial charge on any atom is 0.328 e. The maximum atomic E-state index is 11.7. The molecule has 1 aromatic rings. The summed E-state index contributed by atoms with van der Waals surface area (Å²) in [6, 6.07) is 6.43. The Balaban J connectivity index is 2.84. The topological polar surface area (TPSA) is 104 Å². The molecular weight excluding hydrogens is 316 g/mol. The van der Waals surface area contributed by atoms with Gasteiger partial charge >= 0.3 is 5.97 Å². The maximum absolute atomic E-state index is 11.7. The van der Waals surface area contributed by atoms with Gasteiger partial charge in [0.15, 0.2) is 11.4 Å². The van der Waals surface area contributed by atoms with Crippen LogP contribution in [0.4, 0.5) is 5.69 Å². The van der Waals surface area contributed by atoms with Crippen LogP contribution < -0.4 is 10.6 Å². The number of methoxy groups -OCH3 is 1. The number of amidine groups is 1. The van der Waals surface area contributed by atoms with E-state index in [0.29, 0.717) is 17.3 Å². The van der Waals surface area contributed by atoms with E-state index >= 15 is 0 Å². The molecule has 0 saturated carbocycles. The Kier molecular flexibility index (Phi) is 7.63. The quantitative estimate of drug-likeness (QED) is 0.277. The standard InChI is InChI=1S/C15H18N4O3S/c1-10(20)18-13(14(21)22-2)8-11-4-6-12(7-5-11)19-15(23-3)17-9-16/h4-7,13H,8H2,1-3H3,(H,17,19)(H,18,20). The van der Waals surface area contributed by atoms with Gasteiger partial charge < -0.3 is 10.1 Å². The Morgan fingerprint density at radius 3 is 2.52 bits per heavy atom. The molecule has 0 aliphatic carbocycles. The van der Waals surface area contributed by atoms with Crippen molar-refractivity contribution in [3.8, 4) is 6.19 Å². The number of thioether (sulfide) groups is 1. The van der Waals surface area contributed by atoms with Crippen LogP contribution in [0.15, 0.2) is 29.3 Å². The molecule has 1 atom stereocenters. The number of carbonyl (C=O) groups is 2. The van der Waals surface area contributed by atoms with Gasteiger partial charge in [0.05, 0.1) is 12.8 Å². The highest BCUT2D eigenvalue weighted by Gasteiger charge is 2.20. The van der Waals surface area contributed by atoms with Gasteiger partial charge in [-0.1, -0.05) is 23.9 Å². The highest BCUT2D eigenvalue weighted by Crippen LogP contribution is 2.16. The number of hydrogen-bond acceptors (Lipinski definition) is 6. The number of esters is 1. The van der Waals surface area contributed by atoms with Crippen LogP contribution >= 0.6 is 11.8 Å². The fourth-order valence-corrected chi connectivity index (χ4v) is 2.16. The third kappa shape index (κ3) is 6.40. The van der Waals surface area contributed by atoms with Gasteiger partial charge in [-0.15, -0.1) is 0 Å². The Hall–Kier alpha value is -2.53. The van der Waals surface area contributed by atoms with E-state index in [4.69, 9.17) is 5.26 Å². The van der Waals surface area contributed by atoms with Gasteiger partial charge in [-0.05, 0) is 24.0 Å². The van der Waals surface area contributed by atoms with E-state index in [-0.39, 0.29) is 5.91 Å². The smallest absolute Gasteiger partial charge is 0.328 e. The molecule has 0 fully saturated rings. The summed E-state index contributed by atoms with van der Waals surface area (Å²) in [5.41, 5.74) is 1.53. The monoisotopic (exact) mass is 334 g/mol. The van der Waals surface area contributed by atoms with Gasteiger partial charge in [0.25, 0.3) is 0 Å². The van der Waals surface area contributed by atoms with Crippen molar-refractivity contribution in [2.45, 2.75) is 19.4 Å². The molecule has 7 nitrogen and oxygen atoms in total. The van der Waals surface area contributed by atoms with E-state index in [1.807, 2.05) is 12.4 Å². The van der Waals surface area contributed by atoms with Crippen molar-refractivity contribution in [1.29, 1.82) is 5.26 Å². The molecule has 0 bridgehead atoms. The second kappa shape index (κ2) is 9.48. The molecule has 1 amide bonds. The lowest BCUT2D eigenvalue weighted by Crippen LogP contribution is -2.41. The van der Waals surface area contributed by atoms with Gasteiger partial charge in [0.2, 0.25) is 5.91 Å². The molecule has 122 valence electrons. The largest absolute Gasteiger partial charge is 0.467 e. The summed E-state index contributed by atoms with van der Waals surface area (Å²) >= 11 is 1.33. The number of ether oxygens (including phenoxy) is 1. The molecule has 0 aliphatic rings. The van der Waals surface area contributed by atoms with Crippen LogP contribution in [0.1, 0.15) is 12.5 Å². The van der Waals surface area contributed by atoms with E-state index in [2.05, 4.69) is 20.4 Å². The van der Waals surface area contributed by atoms with E-state index < -0.39 is 12.0 Å². The minimum Gasteiger partial charge on any atom is -0.467 e. The Morgan fingerprint density at radius 1 is 1.39 bits per heavy atom. The number of carbonyl (C=O) groups excluding carboxylic acids is 2. The molecule has 0 heterocycles. The summed E-state index contributed by atoms with van der Waals surface area (Å²) in [5.74, 6) is -0.793. The summed E-state index contributed by atoms with van der Waals surface area (Å²) in [7, 11) is 1.28. The van der Waals surface area contributed by atoms with Gasteiger partial charge in [-0.2, -0.15) is 5.26 Å². The van der Waals surface area contributed by atoms with Crippen molar-refractivity contribution in [2.75, 3.05) is 13.4 Å². The number of nitrogens with zero attached hydrogens (tertiary/aromatic N) is 2. The third-order valence-corrected chi connectivity index (χ3v) is 3.41. The first-order valence-corrected chi connectivity index (χ1v) is 7.94. The Bertz CT molecular complexity index is 623. The Labute approximate surface area is 139 Å². The number of amides is 1. The molecule has 1 unspecified atom stereocenters. The van der Waals surface area contributed by atoms with Crippen molar-refractivity contribution in [2.24, 2.45) is 4.99 Å². The van der Waals surface area contributed by atoms with Gasteiger partial charge in [-0.3, -0.25) is 10.1 Å². The van der Waals surface area contributed by atoms with Crippen molar-refractivity contribution in [3.63, 3.8) is 0 Å². The molecule has 0 saturated heterocycles. The number of nitriles is 1. The van der Waals surface area contributed by atoms with Crippen LogP contribution in [0, 0.1) is 11.5 Å². The van der Waals surface area contributed by atoms with Crippen LogP contribution in [0.5, 0.6) is 0 Å². The summed E-state index contributed by atoms with van der Waals surface area (Å²) in [5, 5.41) is 14.1. The zero-order valence-electron chi connectivity index (χ0n) is 13.1. The predicted octanol–water partition coefficient (Wildman–Crippen LogP) is 1.33. The van der Waals surface area contributed by atoms with Crippen LogP contribution in [-0.4, -0.2) is 36.5 Å². The number of rotatable bonds is 5. The first kappa shape index (κ1) is 18.5. The van der Waals surface area contributed by atoms with Crippen molar-refractivity contribution >= 4 is 34.5 Å². The highest BCUT2D eigenvalue weighted by molar-refractivity contribution is 8.13. The van der Waals surface area contributed by atoms with Crippen molar-refractivity contribution < 1.29 is 14.3 Å². The van der Waals surface area contributed by atoms with Gasteiger partial charge in [-0.25, -0.2) is 9.79 Å². The first-order chi connectivity index (χ1) is 11.0. The van der Waals surface area contributed by atoms with E-state index in [1.54, 1.807) is 24.3 Å². The Morgan fingerprint density at radius 2 is 2.04 bits per heavy atom.